The Labute approximate surface area is 90.4 Å². The lowest BCUT2D eigenvalue weighted by molar-refractivity contribution is 0.879. The number of aromatic amines is 1. The highest BCUT2D eigenvalue weighted by Crippen LogP contribution is 2.23. The summed E-state index contributed by atoms with van der Waals surface area (Å²) >= 11 is 0. The second kappa shape index (κ2) is 3.89. The van der Waals surface area contributed by atoms with Gasteiger partial charge in [0.05, 0.1) is 12.0 Å². The van der Waals surface area contributed by atoms with E-state index in [1.807, 2.05) is 6.20 Å². The van der Waals surface area contributed by atoms with E-state index in [1.54, 1.807) is 6.33 Å². The number of imidazole rings is 1. The van der Waals surface area contributed by atoms with Crippen LogP contribution in [0.1, 0.15) is 35.2 Å². The average Bonchev–Trinajstić information content (AvgIpc) is 2.67. The zero-order valence-corrected chi connectivity index (χ0v) is 9.41. The second-order valence-electron chi connectivity index (χ2n) is 4.14. The fourth-order valence-electron chi connectivity index (χ4n) is 1.94. The Kier molecular flexibility index (Phi) is 2.58. The standard InChI is InChI=1S/C13H16N2/c1-9-4-10(2)6-12(5-9)11(3)13-7-14-8-15-13/h4-8,11H,1-3H3,(H,14,15)/t11-/m1/s1. The first-order valence-electron chi connectivity index (χ1n) is 5.23. The zero-order chi connectivity index (χ0) is 10.8. The van der Waals surface area contributed by atoms with Crippen LogP contribution in [0.25, 0.3) is 0 Å². The maximum atomic E-state index is 4.30. The number of nitrogens with one attached hydrogen (secondary N) is 1. The molecule has 78 valence electrons. The van der Waals surface area contributed by atoms with Crippen molar-refractivity contribution in [2.45, 2.75) is 26.7 Å². The first-order chi connectivity index (χ1) is 7.16. The molecule has 0 spiro atoms. The molecule has 1 N–H and O–H groups in total. The zero-order valence-electron chi connectivity index (χ0n) is 9.41. The third-order valence-corrected chi connectivity index (χ3v) is 2.71. The molecule has 0 amide bonds. The fourth-order valence-corrected chi connectivity index (χ4v) is 1.94. The van der Waals surface area contributed by atoms with Gasteiger partial charge in [0.2, 0.25) is 0 Å². The fraction of sp³-hybridized carbons (Fsp3) is 0.308. The number of hydrogen-bond acceptors (Lipinski definition) is 1. The third kappa shape index (κ3) is 2.09. The van der Waals surface area contributed by atoms with E-state index in [0.29, 0.717) is 5.92 Å². The van der Waals surface area contributed by atoms with E-state index in [2.05, 4.69) is 48.9 Å². The Bertz CT molecular complexity index is 423. The minimum Gasteiger partial charge on any atom is -0.351 e. The summed E-state index contributed by atoms with van der Waals surface area (Å²) < 4.78 is 0. The summed E-state index contributed by atoms with van der Waals surface area (Å²) in [5, 5.41) is 0. The molecule has 0 saturated carbocycles. The van der Waals surface area contributed by atoms with E-state index in [-0.39, 0.29) is 0 Å². The summed E-state index contributed by atoms with van der Waals surface area (Å²) in [6.07, 6.45) is 3.69. The molecule has 2 heteroatoms. The SMILES string of the molecule is Cc1cc(C)cc([C@@H](C)c2c[nH]cn2)c1. The Morgan fingerprint density at radius 2 is 1.80 bits per heavy atom. The molecular formula is C13H16N2. The molecule has 1 aromatic carbocycles. The topological polar surface area (TPSA) is 28.7 Å². The van der Waals surface area contributed by atoms with Crippen LogP contribution >= 0.6 is 0 Å². The molecule has 1 heterocycles. The molecule has 2 rings (SSSR count). The summed E-state index contributed by atoms with van der Waals surface area (Å²) in [7, 11) is 0. The third-order valence-electron chi connectivity index (χ3n) is 2.71. The van der Waals surface area contributed by atoms with Crippen molar-refractivity contribution >= 4 is 0 Å². The van der Waals surface area contributed by atoms with Gasteiger partial charge in [-0.25, -0.2) is 4.98 Å². The Morgan fingerprint density at radius 3 is 2.33 bits per heavy atom. The van der Waals surface area contributed by atoms with Crippen LogP contribution in [0, 0.1) is 13.8 Å². The van der Waals surface area contributed by atoms with Crippen LogP contribution in [0.15, 0.2) is 30.7 Å². The molecule has 1 atom stereocenters. The first kappa shape index (κ1) is 9.97. The van der Waals surface area contributed by atoms with Gasteiger partial charge in [-0.05, 0) is 19.4 Å². The highest BCUT2D eigenvalue weighted by Gasteiger charge is 2.10. The second-order valence-corrected chi connectivity index (χ2v) is 4.14. The minimum atomic E-state index is 0.356. The van der Waals surface area contributed by atoms with Crippen LogP contribution < -0.4 is 0 Å². The van der Waals surface area contributed by atoms with Crippen molar-refractivity contribution in [3.63, 3.8) is 0 Å². The van der Waals surface area contributed by atoms with Crippen LogP contribution in [0.2, 0.25) is 0 Å². The van der Waals surface area contributed by atoms with Gasteiger partial charge in [0.25, 0.3) is 0 Å². The van der Waals surface area contributed by atoms with Gasteiger partial charge in [-0.3, -0.25) is 0 Å². The molecule has 2 aromatic rings. The number of aryl methyl sites for hydroxylation is 2. The van der Waals surface area contributed by atoms with Gasteiger partial charge in [0.1, 0.15) is 0 Å². The summed E-state index contributed by atoms with van der Waals surface area (Å²) in [6.45, 7) is 6.45. The van der Waals surface area contributed by atoms with Gasteiger partial charge in [-0.2, -0.15) is 0 Å². The average molecular weight is 200 g/mol. The van der Waals surface area contributed by atoms with Crippen molar-refractivity contribution < 1.29 is 0 Å². The monoisotopic (exact) mass is 200 g/mol. The molecule has 2 nitrogen and oxygen atoms in total. The molecule has 1 aromatic heterocycles. The normalized spacial score (nSPS) is 12.7. The van der Waals surface area contributed by atoms with Crippen LogP contribution in [0.5, 0.6) is 0 Å². The molecule has 0 saturated heterocycles. The van der Waals surface area contributed by atoms with E-state index in [0.717, 1.165) is 5.69 Å². The lowest BCUT2D eigenvalue weighted by atomic mass is 9.95. The lowest BCUT2D eigenvalue weighted by Crippen LogP contribution is -1.97. The van der Waals surface area contributed by atoms with E-state index in [1.165, 1.54) is 16.7 Å². The van der Waals surface area contributed by atoms with Crippen molar-refractivity contribution in [1.29, 1.82) is 0 Å². The Balaban J connectivity index is 2.37. The van der Waals surface area contributed by atoms with Gasteiger partial charge in [-0.15, -0.1) is 0 Å². The maximum Gasteiger partial charge on any atom is 0.0923 e. The largest absolute Gasteiger partial charge is 0.351 e. The summed E-state index contributed by atoms with van der Waals surface area (Å²) in [5.41, 5.74) is 5.05. The molecule has 0 unspecified atom stereocenters. The summed E-state index contributed by atoms with van der Waals surface area (Å²) in [4.78, 5) is 7.29. The predicted octanol–water partition coefficient (Wildman–Crippen LogP) is 3.18. The number of nitrogens with zero attached hydrogens (tertiary/aromatic N) is 1. The van der Waals surface area contributed by atoms with Crippen LogP contribution in [0.4, 0.5) is 0 Å². The highest BCUT2D eigenvalue weighted by atomic mass is 14.9. The van der Waals surface area contributed by atoms with Crippen molar-refractivity contribution in [1.82, 2.24) is 9.97 Å². The van der Waals surface area contributed by atoms with Crippen LogP contribution in [-0.2, 0) is 0 Å². The number of rotatable bonds is 2. The summed E-state index contributed by atoms with van der Waals surface area (Å²) in [6, 6.07) is 6.65. The summed E-state index contributed by atoms with van der Waals surface area (Å²) in [5.74, 6) is 0.356. The maximum absolute atomic E-state index is 4.30. The van der Waals surface area contributed by atoms with Gasteiger partial charge in [-0.1, -0.05) is 36.2 Å². The van der Waals surface area contributed by atoms with Crippen LogP contribution in [-0.4, -0.2) is 9.97 Å². The molecule has 0 bridgehead atoms. The van der Waals surface area contributed by atoms with Crippen LogP contribution in [0.3, 0.4) is 0 Å². The Hall–Kier alpha value is -1.57. The molecule has 15 heavy (non-hydrogen) atoms. The van der Waals surface area contributed by atoms with Crippen molar-refractivity contribution in [3.05, 3.63) is 53.1 Å². The molecule has 0 aliphatic carbocycles. The minimum absolute atomic E-state index is 0.356. The van der Waals surface area contributed by atoms with E-state index in [9.17, 15) is 0 Å². The number of aromatic nitrogens is 2. The first-order valence-corrected chi connectivity index (χ1v) is 5.23. The van der Waals surface area contributed by atoms with Gasteiger partial charge in [0.15, 0.2) is 0 Å². The number of hydrogen-bond donors (Lipinski definition) is 1. The van der Waals surface area contributed by atoms with Crippen molar-refractivity contribution in [3.8, 4) is 0 Å². The smallest absolute Gasteiger partial charge is 0.0923 e. The van der Waals surface area contributed by atoms with Gasteiger partial charge in [0, 0.05) is 12.1 Å². The highest BCUT2D eigenvalue weighted by molar-refractivity contribution is 5.34. The predicted molar refractivity (Wildman–Crippen MR) is 62.0 cm³/mol. The molecule has 0 fully saturated rings. The van der Waals surface area contributed by atoms with Gasteiger partial charge >= 0.3 is 0 Å². The van der Waals surface area contributed by atoms with Crippen molar-refractivity contribution in [2.75, 3.05) is 0 Å². The molecule has 0 radical (unpaired) electrons. The Morgan fingerprint density at radius 1 is 1.13 bits per heavy atom. The van der Waals surface area contributed by atoms with E-state index in [4.69, 9.17) is 0 Å². The molecule has 0 aliphatic rings. The molecular weight excluding hydrogens is 184 g/mol. The van der Waals surface area contributed by atoms with Gasteiger partial charge < -0.3 is 4.98 Å². The number of benzene rings is 1. The lowest BCUT2D eigenvalue weighted by Gasteiger charge is -2.11. The molecule has 0 aliphatic heterocycles. The number of H-pyrrole nitrogens is 1. The van der Waals surface area contributed by atoms with E-state index >= 15 is 0 Å². The van der Waals surface area contributed by atoms with Crippen molar-refractivity contribution in [2.24, 2.45) is 0 Å². The van der Waals surface area contributed by atoms with E-state index < -0.39 is 0 Å². The quantitative estimate of drug-likeness (QED) is 0.792.